The fourth-order valence-corrected chi connectivity index (χ4v) is 1.63. The molecule has 0 aliphatic rings. The Hall–Kier alpha value is -2.17. The van der Waals surface area contributed by atoms with E-state index in [9.17, 15) is 0 Å². The molecule has 0 saturated heterocycles. The monoisotopic (exact) mass is 216 g/mol. The number of imidazole rings is 1. The molecule has 80 valence electrons. The van der Waals surface area contributed by atoms with Crippen molar-refractivity contribution in [3.05, 3.63) is 24.0 Å². The van der Waals surface area contributed by atoms with Gasteiger partial charge >= 0.3 is 0 Å². The van der Waals surface area contributed by atoms with Gasteiger partial charge in [0.1, 0.15) is 11.0 Å². The van der Waals surface area contributed by atoms with Crippen LogP contribution in [0.4, 0.5) is 5.95 Å². The topological polar surface area (TPSA) is 69.6 Å². The largest absolute Gasteiger partial charge is 0.369 e. The molecule has 3 aromatic rings. The van der Waals surface area contributed by atoms with Gasteiger partial charge in [0.05, 0.1) is 20.8 Å². The number of hydrogen-bond acceptors (Lipinski definition) is 4. The van der Waals surface area contributed by atoms with Gasteiger partial charge in [-0.3, -0.25) is 4.98 Å². The maximum Gasteiger partial charge on any atom is 0.201 e. The molecule has 0 bridgehead atoms. The average molecular weight is 216 g/mol. The minimum atomic E-state index is -0.0634. The zero-order chi connectivity index (χ0) is 13.9. The molecule has 2 aromatic heterocycles. The number of rotatable bonds is 0. The summed E-state index contributed by atoms with van der Waals surface area (Å²) in [5.74, 6) is 0.254. The Morgan fingerprint density at radius 2 is 2.12 bits per heavy atom. The molecule has 0 radical (unpaired) electrons. The van der Waals surface area contributed by atoms with Crippen LogP contribution >= 0.6 is 0 Å². The first-order valence-electron chi connectivity index (χ1n) is 6.27. The van der Waals surface area contributed by atoms with Gasteiger partial charge in [0.25, 0.3) is 0 Å². The van der Waals surface area contributed by atoms with Crippen molar-refractivity contribution in [2.24, 2.45) is 7.05 Å². The van der Waals surface area contributed by atoms with Crippen molar-refractivity contribution in [1.82, 2.24) is 19.5 Å². The van der Waals surface area contributed by atoms with Crippen molar-refractivity contribution >= 4 is 28.0 Å². The van der Waals surface area contributed by atoms with Crippen molar-refractivity contribution < 1.29 is 4.11 Å². The van der Waals surface area contributed by atoms with E-state index < -0.39 is 0 Å². The van der Waals surface area contributed by atoms with Crippen LogP contribution in [0.3, 0.4) is 0 Å². The summed E-state index contributed by atoms with van der Waals surface area (Å²) in [6, 6.07) is -0.0711. The van der Waals surface area contributed by atoms with Crippen LogP contribution in [-0.2, 0) is 7.05 Å². The van der Waals surface area contributed by atoms with Gasteiger partial charge in [-0.05, 0) is 19.0 Å². The zero-order valence-electron chi connectivity index (χ0n) is 11.9. The Labute approximate surface area is 96.2 Å². The lowest BCUT2D eigenvalue weighted by atomic mass is 10.2. The Morgan fingerprint density at radius 1 is 1.31 bits per heavy atom. The molecule has 0 saturated carbocycles. The lowest BCUT2D eigenvalue weighted by molar-refractivity contribution is 0.965. The zero-order valence-corrected chi connectivity index (χ0v) is 8.87. The normalized spacial score (nSPS) is 14.0. The van der Waals surface area contributed by atoms with Crippen LogP contribution in [0.25, 0.3) is 22.1 Å². The Balaban J connectivity index is 2.67. The standard InChI is InChI=1S/C11H11N5/c1-6-5-13-7-3-4-8-10(9(7)14-6)15-11(12)16(8)2/h3-5H,1-2H3,(H2,12,15)/i3D,4D,5D. The first-order chi connectivity index (χ1) is 8.91. The van der Waals surface area contributed by atoms with Crippen LogP contribution in [0.5, 0.6) is 0 Å². The number of aryl methyl sites for hydroxylation is 2. The Kier molecular flexibility index (Phi) is 1.17. The minimum Gasteiger partial charge on any atom is -0.369 e. The predicted molar refractivity (Wildman–Crippen MR) is 63.0 cm³/mol. The van der Waals surface area contributed by atoms with Gasteiger partial charge in [0.2, 0.25) is 5.95 Å². The number of nitrogen functional groups attached to an aromatic ring is 1. The van der Waals surface area contributed by atoms with E-state index in [1.165, 1.54) is 0 Å². The van der Waals surface area contributed by atoms with E-state index in [0.29, 0.717) is 22.2 Å². The summed E-state index contributed by atoms with van der Waals surface area (Å²) >= 11 is 0. The summed E-state index contributed by atoms with van der Waals surface area (Å²) in [5, 5.41) is 0. The molecule has 5 heteroatoms. The van der Waals surface area contributed by atoms with Crippen molar-refractivity contribution in [2.75, 3.05) is 5.73 Å². The average Bonchev–Trinajstić information content (AvgIpc) is 2.66. The van der Waals surface area contributed by atoms with Crippen LogP contribution in [0.1, 0.15) is 9.81 Å². The molecule has 0 aliphatic heterocycles. The fourth-order valence-electron chi connectivity index (χ4n) is 1.63. The van der Waals surface area contributed by atoms with Gasteiger partial charge in [-0.15, -0.1) is 0 Å². The summed E-state index contributed by atoms with van der Waals surface area (Å²) in [4.78, 5) is 12.5. The van der Waals surface area contributed by atoms with Crippen molar-refractivity contribution in [1.29, 1.82) is 0 Å². The molecule has 0 unspecified atom stereocenters. The third-order valence-electron chi connectivity index (χ3n) is 2.49. The van der Waals surface area contributed by atoms with Crippen molar-refractivity contribution in [3.63, 3.8) is 0 Å². The third kappa shape index (κ3) is 1.08. The van der Waals surface area contributed by atoms with E-state index in [2.05, 4.69) is 15.0 Å². The van der Waals surface area contributed by atoms with Crippen LogP contribution < -0.4 is 5.73 Å². The summed E-state index contributed by atoms with van der Waals surface area (Å²) < 4.78 is 25.2. The SMILES string of the molecule is [2H]c1nc2c([2H])c([2H])c3c(nc(N)n3C)c2nc1C. The lowest BCUT2D eigenvalue weighted by Crippen LogP contribution is -1.95. The summed E-state index contributed by atoms with van der Waals surface area (Å²) in [6.45, 7) is 1.67. The molecule has 0 atom stereocenters. The molecule has 0 aliphatic carbocycles. The Morgan fingerprint density at radius 3 is 2.94 bits per heavy atom. The van der Waals surface area contributed by atoms with Crippen molar-refractivity contribution in [3.8, 4) is 0 Å². The van der Waals surface area contributed by atoms with Crippen LogP contribution in [0, 0.1) is 6.92 Å². The number of hydrogen-bond donors (Lipinski definition) is 1. The number of aromatic nitrogens is 4. The number of nitrogens with zero attached hydrogens (tertiary/aromatic N) is 4. The van der Waals surface area contributed by atoms with Crippen LogP contribution in [0.15, 0.2) is 18.3 Å². The predicted octanol–water partition coefficient (Wildman–Crippen LogP) is 1.41. The lowest BCUT2D eigenvalue weighted by Gasteiger charge is -1.99. The first kappa shape index (κ1) is 6.42. The molecular weight excluding hydrogens is 202 g/mol. The van der Waals surface area contributed by atoms with Gasteiger partial charge < -0.3 is 10.3 Å². The van der Waals surface area contributed by atoms with Crippen LogP contribution in [0.2, 0.25) is 0 Å². The third-order valence-corrected chi connectivity index (χ3v) is 2.49. The molecule has 16 heavy (non-hydrogen) atoms. The fraction of sp³-hybridized carbons (Fsp3) is 0.182. The molecule has 0 fully saturated rings. The maximum atomic E-state index is 8.02. The number of fused-ring (bicyclic) bond motifs is 3. The highest BCUT2D eigenvalue weighted by Gasteiger charge is 2.09. The summed E-state index contributed by atoms with van der Waals surface area (Å²) in [6.07, 6.45) is 0.00338. The molecule has 1 aromatic carbocycles. The molecule has 2 N–H and O–H groups in total. The molecular formula is C11H11N5. The quantitative estimate of drug-likeness (QED) is 0.616. The first-order valence-corrected chi connectivity index (χ1v) is 4.77. The molecule has 5 nitrogen and oxygen atoms in total. The smallest absolute Gasteiger partial charge is 0.201 e. The van der Waals surface area contributed by atoms with Crippen molar-refractivity contribution in [2.45, 2.75) is 6.92 Å². The van der Waals surface area contributed by atoms with Gasteiger partial charge in [0, 0.05) is 13.2 Å². The highest BCUT2D eigenvalue weighted by Crippen LogP contribution is 2.23. The van der Waals surface area contributed by atoms with Gasteiger partial charge in [-0.25, -0.2) is 9.97 Å². The van der Waals surface area contributed by atoms with Gasteiger partial charge in [0.15, 0.2) is 0 Å². The number of nitrogens with two attached hydrogens (primary N) is 1. The van der Waals surface area contributed by atoms with Crippen LogP contribution in [-0.4, -0.2) is 19.5 Å². The number of benzene rings is 1. The molecule has 0 spiro atoms. The molecule has 0 amide bonds. The second-order valence-electron chi connectivity index (χ2n) is 3.59. The second-order valence-corrected chi connectivity index (χ2v) is 3.59. The summed E-state index contributed by atoms with van der Waals surface area (Å²) in [5.41, 5.74) is 7.74. The summed E-state index contributed by atoms with van der Waals surface area (Å²) in [7, 11) is 1.69. The minimum absolute atomic E-state index is 0.00338. The second kappa shape index (κ2) is 2.91. The highest BCUT2D eigenvalue weighted by atomic mass is 15.1. The molecule has 3 rings (SSSR count). The van der Waals surface area contributed by atoms with E-state index >= 15 is 0 Å². The Bertz CT molecular complexity index is 840. The van der Waals surface area contributed by atoms with Gasteiger partial charge in [-0.1, -0.05) is 0 Å². The van der Waals surface area contributed by atoms with E-state index in [1.54, 1.807) is 18.5 Å². The number of anilines is 1. The van der Waals surface area contributed by atoms with E-state index in [-0.39, 0.29) is 29.7 Å². The van der Waals surface area contributed by atoms with E-state index in [1.807, 2.05) is 0 Å². The highest BCUT2D eigenvalue weighted by molar-refractivity contribution is 6.00. The van der Waals surface area contributed by atoms with Gasteiger partial charge in [-0.2, -0.15) is 0 Å². The maximum absolute atomic E-state index is 8.02. The van der Waals surface area contributed by atoms with E-state index in [0.717, 1.165) is 0 Å². The molecule has 2 heterocycles. The van der Waals surface area contributed by atoms with E-state index in [4.69, 9.17) is 9.85 Å².